The average molecular weight is 427 g/mol. The lowest BCUT2D eigenvalue weighted by molar-refractivity contribution is -0.131. The molecule has 1 unspecified atom stereocenters. The highest BCUT2D eigenvalue weighted by molar-refractivity contribution is 7.04. The van der Waals surface area contributed by atoms with Gasteiger partial charge in [0.2, 0.25) is 5.92 Å². The van der Waals surface area contributed by atoms with Crippen molar-refractivity contribution in [3.63, 3.8) is 0 Å². The lowest BCUT2D eigenvalue weighted by atomic mass is 9.64. The van der Waals surface area contributed by atoms with Crippen LogP contribution in [0.25, 0.3) is 11.8 Å². The number of halogens is 2. The Kier molecular flexibility index (Phi) is 4.19. The molecule has 1 aromatic heterocycles. The van der Waals surface area contributed by atoms with Gasteiger partial charge >= 0.3 is 0 Å². The fraction of sp³-hybridized carbons (Fsp3) is 0.391. The second kappa shape index (κ2) is 6.48. The molecule has 1 saturated heterocycles. The number of aryl methyl sites for hydroxylation is 1. The molecule has 3 aliphatic rings. The number of amidine groups is 1. The number of benzene rings is 1. The van der Waals surface area contributed by atoms with Gasteiger partial charge in [0.25, 0.3) is 0 Å². The number of rotatable bonds is 4. The predicted molar refractivity (Wildman–Crippen MR) is 119 cm³/mol. The highest BCUT2D eigenvalue weighted by Crippen LogP contribution is 2.60. The summed E-state index contributed by atoms with van der Waals surface area (Å²) in [6.07, 6.45) is 2.21. The van der Waals surface area contributed by atoms with E-state index in [9.17, 15) is 8.78 Å². The third kappa shape index (κ3) is 2.82. The molecule has 3 heterocycles. The molecule has 1 aromatic carbocycles. The third-order valence-corrected chi connectivity index (χ3v) is 7.15. The first-order chi connectivity index (χ1) is 14.2. The van der Waals surface area contributed by atoms with Crippen molar-refractivity contribution in [2.75, 3.05) is 11.9 Å². The zero-order chi connectivity index (χ0) is 21.3. The van der Waals surface area contributed by atoms with Gasteiger partial charge in [-0.05, 0) is 49.5 Å². The fourth-order valence-corrected chi connectivity index (χ4v) is 5.72. The molecular weight excluding hydrogens is 402 g/mol. The zero-order valence-electron chi connectivity index (χ0n) is 17.1. The van der Waals surface area contributed by atoms with E-state index < -0.39 is 11.3 Å². The molecule has 30 heavy (non-hydrogen) atoms. The van der Waals surface area contributed by atoms with Gasteiger partial charge in [0.15, 0.2) is 0 Å². The maximum absolute atomic E-state index is 13.8. The van der Waals surface area contributed by atoms with Crippen molar-refractivity contribution in [1.82, 2.24) is 9.27 Å². The summed E-state index contributed by atoms with van der Waals surface area (Å²) in [4.78, 5) is 7.06. The molecule has 1 spiro atoms. The Labute approximate surface area is 179 Å². The molecule has 1 N–H and O–H groups in total. The summed E-state index contributed by atoms with van der Waals surface area (Å²) in [5.41, 5.74) is 6.08. The van der Waals surface area contributed by atoms with Gasteiger partial charge in [0.05, 0.1) is 23.1 Å². The Morgan fingerprint density at radius 2 is 2.10 bits per heavy atom. The van der Waals surface area contributed by atoms with Crippen LogP contribution in [0.5, 0.6) is 0 Å². The van der Waals surface area contributed by atoms with Crippen molar-refractivity contribution in [3.8, 4) is 0 Å². The monoisotopic (exact) mass is 426 g/mol. The minimum atomic E-state index is -2.59. The summed E-state index contributed by atoms with van der Waals surface area (Å²) >= 11 is 1.38. The molecular formula is C23H24F2N4S. The van der Waals surface area contributed by atoms with Crippen LogP contribution in [0, 0.1) is 12.3 Å². The van der Waals surface area contributed by atoms with Gasteiger partial charge in [-0.25, -0.2) is 13.8 Å². The Morgan fingerprint density at radius 1 is 1.33 bits per heavy atom. The molecule has 2 aliphatic heterocycles. The first-order valence-electron chi connectivity index (χ1n) is 10.1. The number of anilines is 1. The molecule has 1 atom stereocenters. The summed E-state index contributed by atoms with van der Waals surface area (Å²) < 4.78 is 32.0. The van der Waals surface area contributed by atoms with Crippen LogP contribution >= 0.6 is 11.5 Å². The number of nitrogens with one attached hydrogen (secondary N) is 1. The number of hydrogen-bond acceptors (Lipinski definition) is 5. The van der Waals surface area contributed by atoms with Crippen LogP contribution in [0.2, 0.25) is 0 Å². The van der Waals surface area contributed by atoms with Crippen molar-refractivity contribution >= 4 is 40.5 Å². The summed E-state index contributed by atoms with van der Waals surface area (Å²) in [7, 11) is 0. The van der Waals surface area contributed by atoms with Crippen molar-refractivity contribution < 1.29 is 8.78 Å². The first kappa shape index (κ1) is 19.4. The molecule has 1 saturated carbocycles. The van der Waals surface area contributed by atoms with E-state index in [1.165, 1.54) is 11.5 Å². The lowest BCUT2D eigenvalue weighted by Crippen LogP contribution is -2.51. The summed E-state index contributed by atoms with van der Waals surface area (Å²) in [6.45, 7) is 13.0. The largest absolute Gasteiger partial charge is 0.376 e. The van der Waals surface area contributed by atoms with E-state index in [0.717, 1.165) is 45.3 Å². The van der Waals surface area contributed by atoms with Crippen LogP contribution < -0.4 is 5.32 Å². The molecule has 7 heteroatoms. The summed E-state index contributed by atoms with van der Waals surface area (Å²) in [5, 5.41) is 5.48. The molecule has 2 fully saturated rings. The van der Waals surface area contributed by atoms with E-state index in [4.69, 9.17) is 4.99 Å². The molecule has 0 bridgehead atoms. The van der Waals surface area contributed by atoms with Crippen LogP contribution in [-0.4, -0.2) is 27.6 Å². The van der Waals surface area contributed by atoms with Crippen molar-refractivity contribution in [1.29, 1.82) is 0 Å². The molecule has 0 radical (unpaired) electrons. The van der Waals surface area contributed by atoms with Gasteiger partial charge in [0.1, 0.15) is 5.84 Å². The SMILES string of the molecule is C=Cc1nscc1NC(C)c1cc(C)cc2c1N=C1N(CCC13CC(F)(F)C3)C2=C. The molecule has 2 aromatic rings. The van der Waals surface area contributed by atoms with Gasteiger partial charge < -0.3 is 10.2 Å². The van der Waals surface area contributed by atoms with Crippen LogP contribution in [0.1, 0.15) is 54.6 Å². The molecule has 0 amide bonds. The van der Waals surface area contributed by atoms with Crippen molar-refractivity contribution in [2.45, 2.75) is 45.1 Å². The molecule has 156 valence electrons. The molecule has 1 aliphatic carbocycles. The van der Waals surface area contributed by atoms with E-state index in [0.29, 0.717) is 13.0 Å². The van der Waals surface area contributed by atoms with Crippen molar-refractivity contribution in [3.05, 3.63) is 53.1 Å². The van der Waals surface area contributed by atoms with Gasteiger partial charge in [0, 0.05) is 47.0 Å². The topological polar surface area (TPSA) is 40.5 Å². The van der Waals surface area contributed by atoms with Gasteiger partial charge in [-0.1, -0.05) is 19.2 Å². The average Bonchev–Trinajstić information content (AvgIpc) is 3.26. The minimum absolute atomic E-state index is 0.0439. The summed E-state index contributed by atoms with van der Waals surface area (Å²) in [6, 6.07) is 4.17. The summed E-state index contributed by atoms with van der Waals surface area (Å²) in [5.74, 6) is -1.81. The van der Waals surface area contributed by atoms with Crippen molar-refractivity contribution in [2.24, 2.45) is 10.4 Å². The van der Waals surface area contributed by atoms with Gasteiger partial charge in [-0.2, -0.15) is 4.37 Å². The fourth-order valence-electron chi connectivity index (χ4n) is 5.09. The first-order valence-corrected chi connectivity index (χ1v) is 11.0. The normalized spacial score (nSPS) is 21.5. The number of nitrogens with zero attached hydrogens (tertiary/aromatic N) is 3. The number of alkyl halides is 2. The predicted octanol–water partition coefficient (Wildman–Crippen LogP) is 6.40. The van der Waals surface area contributed by atoms with E-state index in [2.05, 4.69) is 53.7 Å². The van der Waals surface area contributed by atoms with Crippen LogP contribution in [0.4, 0.5) is 20.2 Å². The number of fused-ring (bicyclic) bond motifs is 3. The Balaban J connectivity index is 1.57. The Morgan fingerprint density at radius 3 is 2.80 bits per heavy atom. The Bertz CT molecular complexity index is 1090. The molecule has 5 rings (SSSR count). The Hall–Kier alpha value is -2.54. The standard InChI is InChI=1S/C23H24F2N4S/c1-5-18-19(10-30-28-18)26-14(3)16-8-13(2)9-17-15(4)29-7-6-22(11-23(24,25)12-22)21(29)27-20(16)17/h5,8-10,14,26H,1,4,6-7,11-12H2,2-3H3. The van der Waals surface area contributed by atoms with E-state index in [1.807, 2.05) is 5.38 Å². The van der Waals surface area contributed by atoms with E-state index in [1.54, 1.807) is 6.08 Å². The number of hydrogen-bond donors (Lipinski definition) is 1. The minimum Gasteiger partial charge on any atom is -0.376 e. The smallest absolute Gasteiger partial charge is 0.250 e. The van der Waals surface area contributed by atoms with Crippen LogP contribution in [-0.2, 0) is 0 Å². The van der Waals surface area contributed by atoms with E-state index >= 15 is 0 Å². The zero-order valence-corrected chi connectivity index (χ0v) is 18.0. The maximum Gasteiger partial charge on any atom is 0.250 e. The van der Waals surface area contributed by atoms with Crippen LogP contribution in [0.3, 0.4) is 0 Å². The number of aliphatic imine (C=N–C) groups is 1. The highest BCUT2D eigenvalue weighted by Gasteiger charge is 2.63. The number of aromatic nitrogens is 1. The van der Waals surface area contributed by atoms with Crippen LogP contribution in [0.15, 0.2) is 35.7 Å². The van der Waals surface area contributed by atoms with E-state index in [-0.39, 0.29) is 18.9 Å². The molecule has 4 nitrogen and oxygen atoms in total. The van der Waals surface area contributed by atoms with Gasteiger partial charge in [-0.15, -0.1) is 0 Å². The lowest BCUT2D eigenvalue weighted by Gasteiger charge is -2.46. The maximum atomic E-state index is 13.8. The van der Waals surface area contributed by atoms with Gasteiger partial charge in [-0.3, -0.25) is 0 Å². The quantitative estimate of drug-likeness (QED) is 0.615. The highest BCUT2D eigenvalue weighted by atomic mass is 32.1. The third-order valence-electron chi connectivity index (χ3n) is 6.51. The second-order valence-electron chi connectivity index (χ2n) is 8.71. The second-order valence-corrected chi connectivity index (χ2v) is 9.34.